The molecule has 31 heavy (non-hydrogen) atoms. The van der Waals surface area contributed by atoms with Gasteiger partial charge >= 0.3 is 0 Å². The van der Waals surface area contributed by atoms with Crippen LogP contribution in [-0.4, -0.2) is 51.0 Å². The van der Waals surface area contributed by atoms with Gasteiger partial charge in [-0.2, -0.15) is 10.4 Å². The number of nitriles is 1. The molecule has 10 nitrogen and oxygen atoms in total. The van der Waals surface area contributed by atoms with Gasteiger partial charge in [-0.15, -0.1) is 0 Å². The molecule has 1 aliphatic rings. The second-order valence-corrected chi connectivity index (χ2v) is 7.63. The number of amides is 1. The highest BCUT2D eigenvalue weighted by molar-refractivity contribution is 5.98. The fraction of sp³-hybridized carbons (Fsp3) is 0.286. The van der Waals surface area contributed by atoms with E-state index < -0.39 is 5.41 Å². The summed E-state index contributed by atoms with van der Waals surface area (Å²) < 4.78 is 1.47. The van der Waals surface area contributed by atoms with Gasteiger partial charge in [0.05, 0.1) is 35.4 Å². The zero-order chi connectivity index (χ0) is 22.2. The van der Waals surface area contributed by atoms with E-state index in [-0.39, 0.29) is 18.5 Å². The van der Waals surface area contributed by atoms with Crippen LogP contribution in [0.5, 0.6) is 0 Å². The van der Waals surface area contributed by atoms with Crippen molar-refractivity contribution >= 4 is 23.2 Å². The van der Waals surface area contributed by atoms with Crippen molar-refractivity contribution in [3.05, 3.63) is 47.4 Å². The lowest BCUT2D eigenvalue weighted by molar-refractivity contribution is 0.0954. The van der Waals surface area contributed by atoms with Gasteiger partial charge in [0, 0.05) is 37.8 Å². The first-order valence-corrected chi connectivity index (χ1v) is 9.68. The van der Waals surface area contributed by atoms with E-state index in [1.165, 1.54) is 10.9 Å². The van der Waals surface area contributed by atoms with Crippen molar-refractivity contribution in [3.63, 3.8) is 0 Å². The molecule has 0 radical (unpaired) electrons. The van der Waals surface area contributed by atoms with Crippen molar-refractivity contribution < 1.29 is 9.90 Å². The second kappa shape index (κ2) is 7.70. The molecule has 0 fully saturated rings. The molecule has 4 rings (SSSR count). The van der Waals surface area contributed by atoms with Gasteiger partial charge < -0.3 is 21.1 Å². The molecule has 0 bridgehead atoms. The summed E-state index contributed by atoms with van der Waals surface area (Å²) in [6.45, 7) is 2.46. The Kier molecular flexibility index (Phi) is 5.04. The number of nitrogens with one attached hydrogen (secondary N) is 3. The number of carbonyl (C=O) groups excluding carboxylic acids is 1. The normalized spacial score (nSPS) is 16.9. The molecule has 0 saturated carbocycles. The number of rotatable bonds is 5. The molecular weight excluding hydrogens is 396 g/mol. The monoisotopic (exact) mass is 418 g/mol. The van der Waals surface area contributed by atoms with Crippen molar-refractivity contribution in [2.75, 3.05) is 30.8 Å². The van der Waals surface area contributed by atoms with Gasteiger partial charge in [-0.05, 0) is 23.8 Å². The number of nitrogens with zero attached hydrogens (tertiary/aromatic N) is 5. The number of aromatic nitrogens is 4. The largest absolute Gasteiger partial charge is 0.395 e. The van der Waals surface area contributed by atoms with E-state index in [0.717, 1.165) is 16.8 Å². The lowest BCUT2D eigenvalue weighted by Gasteiger charge is -2.21. The Morgan fingerprint density at radius 3 is 2.97 bits per heavy atom. The summed E-state index contributed by atoms with van der Waals surface area (Å²) in [5.74, 6) is 0.00410. The van der Waals surface area contributed by atoms with E-state index in [0.29, 0.717) is 29.2 Å². The zero-order valence-electron chi connectivity index (χ0n) is 17.4. The Labute approximate surface area is 179 Å². The molecule has 1 amide bonds. The van der Waals surface area contributed by atoms with E-state index >= 15 is 0 Å². The van der Waals surface area contributed by atoms with Crippen LogP contribution in [0.15, 0.2) is 30.6 Å². The fourth-order valence-electron chi connectivity index (χ4n) is 3.68. The highest BCUT2D eigenvalue weighted by Crippen LogP contribution is 2.41. The lowest BCUT2D eigenvalue weighted by Crippen LogP contribution is -2.28. The number of aryl methyl sites for hydroxylation is 1. The number of fused-ring (bicyclic) bond motifs is 1. The molecule has 1 atom stereocenters. The molecule has 0 spiro atoms. The highest BCUT2D eigenvalue weighted by Gasteiger charge is 2.36. The Morgan fingerprint density at radius 2 is 2.26 bits per heavy atom. The van der Waals surface area contributed by atoms with Crippen LogP contribution < -0.4 is 16.0 Å². The van der Waals surface area contributed by atoms with Crippen LogP contribution in [0.25, 0.3) is 11.3 Å². The number of carbonyl (C=O) groups is 1. The van der Waals surface area contributed by atoms with E-state index in [1.807, 2.05) is 13.0 Å². The summed E-state index contributed by atoms with van der Waals surface area (Å²) in [6, 6.07) is 7.68. The second-order valence-electron chi connectivity index (χ2n) is 7.63. The van der Waals surface area contributed by atoms with Crippen LogP contribution >= 0.6 is 0 Å². The molecule has 1 aliphatic heterocycles. The van der Waals surface area contributed by atoms with E-state index in [9.17, 15) is 15.2 Å². The number of aliphatic hydroxyl groups excluding tert-OH is 1. The topological polar surface area (TPSA) is 141 Å². The van der Waals surface area contributed by atoms with Crippen LogP contribution in [-0.2, 0) is 12.5 Å². The number of hydrogen-bond donors (Lipinski definition) is 4. The first-order chi connectivity index (χ1) is 14.9. The van der Waals surface area contributed by atoms with Crippen molar-refractivity contribution in [2.24, 2.45) is 7.05 Å². The summed E-state index contributed by atoms with van der Waals surface area (Å²) in [5.41, 5.74) is 3.81. The molecule has 0 aliphatic carbocycles. The number of aliphatic hydroxyl groups is 1. The summed E-state index contributed by atoms with van der Waals surface area (Å²) in [7, 11) is 3.22. The molecule has 0 saturated heterocycles. The van der Waals surface area contributed by atoms with Gasteiger partial charge in [-0.1, -0.05) is 6.92 Å². The van der Waals surface area contributed by atoms with Crippen molar-refractivity contribution in [2.45, 2.75) is 12.3 Å². The predicted octanol–water partition coefficient (Wildman–Crippen LogP) is 1.53. The van der Waals surface area contributed by atoms with E-state index in [4.69, 9.17) is 0 Å². The Bertz CT molecular complexity index is 1210. The average Bonchev–Trinajstić information content (AvgIpc) is 3.33. The van der Waals surface area contributed by atoms with E-state index in [2.05, 4.69) is 37.1 Å². The molecule has 1 aromatic carbocycles. The maximum atomic E-state index is 12.2. The Morgan fingerprint density at radius 1 is 1.45 bits per heavy atom. The summed E-state index contributed by atoms with van der Waals surface area (Å²) in [6.07, 6.45) is 3.13. The standard InChI is InChI=1S/C21H22N8O2/c1-21(11-30)10-25-17-13(8-22)6-12(7-14(17)21)15-4-5-24-20(27-15)28-16-9-26-29(3)18(16)19(31)23-2/h4-7,9,25,30H,10-11H2,1-3H3,(H,23,31)(H,24,27,28)/t21-/m1/s1. The third-order valence-electron chi connectivity index (χ3n) is 5.49. The third kappa shape index (κ3) is 3.45. The van der Waals surface area contributed by atoms with Crippen LogP contribution in [0.3, 0.4) is 0 Å². The van der Waals surface area contributed by atoms with Crippen LogP contribution in [0.1, 0.15) is 28.5 Å². The Hall–Kier alpha value is -3.97. The lowest BCUT2D eigenvalue weighted by atomic mass is 9.83. The highest BCUT2D eigenvalue weighted by atomic mass is 16.3. The molecule has 158 valence electrons. The number of hydrogen-bond acceptors (Lipinski definition) is 8. The maximum absolute atomic E-state index is 12.2. The van der Waals surface area contributed by atoms with Gasteiger partial charge in [-0.25, -0.2) is 9.97 Å². The zero-order valence-corrected chi connectivity index (χ0v) is 17.4. The molecule has 3 aromatic rings. The molecule has 10 heteroatoms. The van der Waals surface area contributed by atoms with E-state index in [1.54, 1.807) is 32.4 Å². The number of benzene rings is 1. The smallest absolute Gasteiger partial charge is 0.271 e. The molecular formula is C21H22N8O2. The molecule has 0 unspecified atom stereocenters. The molecule has 3 heterocycles. The van der Waals surface area contributed by atoms with Crippen LogP contribution in [0.2, 0.25) is 0 Å². The predicted molar refractivity (Wildman–Crippen MR) is 115 cm³/mol. The molecule has 2 aromatic heterocycles. The quantitative estimate of drug-likeness (QED) is 0.489. The summed E-state index contributed by atoms with van der Waals surface area (Å²) in [4.78, 5) is 21.0. The van der Waals surface area contributed by atoms with Crippen molar-refractivity contribution in [1.82, 2.24) is 25.1 Å². The molecule has 4 N–H and O–H groups in total. The summed E-state index contributed by atoms with van der Waals surface area (Å²) in [5, 5.41) is 32.5. The van der Waals surface area contributed by atoms with Gasteiger partial charge in [0.25, 0.3) is 5.91 Å². The fourth-order valence-corrected chi connectivity index (χ4v) is 3.68. The Balaban J connectivity index is 1.73. The average molecular weight is 418 g/mol. The van der Waals surface area contributed by atoms with Gasteiger partial charge in [0.2, 0.25) is 5.95 Å². The van der Waals surface area contributed by atoms with Crippen molar-refractivity contribution in [1.29, 1.82) is 5.26 Å². The van der Waals surface area contributed by atoms with Crippen molar-refractivity contribution in [3.8, 4) is 17.3 Å². The minimum Gasteiger partial charge on any atom is -0.395 e. The minimum absolute atomic E-state index is 0.0405. The van der Waals surface area contributed by atoms with Gasteiger partial charge in [0.1, 0.15) is 11.8 Å². The minimum atomic E-state index is -0.483. The maximum Gasteiger partial charge on any atom is 0.271 e. The number of anilines is 3. The van der Waals surface area contributed by atoms with Gasteiger partial charge in [-0.3, -0.25) is 9.48 Å². The van der Waals surface area contributed by atoms with Crippen LogP contribution in [0.4, 0.5) is 17.3 Å². The first kappa shape index (κ1) is 20.3. The first-order valence-electron chi connectivity index (χ1n) is 9.68. The van der Waals surface area contributed by atoms with Crippen LogP contribution in [0, 0.1) is 11.3 Å². The van der Waals surface area contributed by atoms with Gasteiger partial charge in [0.15, 0.2) is 0 Å². The third-order valence-corrected chi connectivity index (χ3v) is 5.49. The summed E-state index contributed by atoms with van der Waals surface area (Å²) >= 11 is 0. The SMILES string of the molecule is CNC(=O)c1c(Nc2nccc(-c3cc(C#N)c4c(c3)[C@@](C)(CO)CN4)n2)cnn1C.